The molecule has 0 saturated carbocycles. The molecule has 25 heavy (non-hydrogen) atoms. The Balaban J connectivity index is 1.68. The predicted octanol–water partition coefficient (Wildman–Crippen LogP) is 2.25. The summed E-state index contributed by atoms with van der Waals surface area (Å²) in [5.74, 6) is -0.214. The average Bonchev–Trinajstić information content (AvgIpc) is 3.05. The Morgan fingerprint density at radius 1 is 1.08 bits per heavy atom. The van der Waals surface area contributed by atoms with Gasteiger partial charge in [-0.1, -0.05) is 35.9 Å². The molecule has 0 aromatic heterocycles. The molecule has 2 aromatic rings. The van der Waals surface area contributed by atoms with Crippen LogP contribution in [-0.4, -0.2) is 36.4 Å². The molecule has 1 saturated heterocycles. The zero-order valence-corrected chi connectivity index (χ0v) is 14.2. The van der Waals surface area contributed by atoms with Crippen molar-refractivity contribution in [3.8, 4) is 5.75 Å². The van der Waals surface area contributed by atoms with Crippen LogP contribution in [0.25, 0.3) is 0 Å². The molecule has 1 aliphatic rings. The van der Waals surface area contributed by atoms with Crippen LogP contribution in [0.5, 0.6) is 5.75 Å². The second kappa shape index (κ2) is 7.38. The molecule has 3 rings (SSSR count). The fourth-order valence-corrected chi connectivity index (χ4v) is 3.13. The summed E-state index contributed by atoms with van der Waals surface area (Å²) >= 11 is 0. The van der Waals surface area contributed by atoms with Gasteiger partial charge in [0.15, 0.2) is 0 Å². The SMILES string of the molecule is Cc1ccc(C(=O)N2C[C@@H](COc3ccccc3)[C@H](C(N)=O)C2)cc1. The second-order valence-corrected chi connectivity index (χ2v) is 6.47. The highest BCUT2D eigenvalue weighted by Gasteiger charge is 2.39. The number of likely N-dealkylation sites (tertiary alicyclic amines) is 1. The van der Waals surface area contributed by atoms with E-state index in [1.165, 1.54) is 0 Å². The molecule has 0 spiro atoms. The number of primary amides is 1. The molecule has 2 aromatic carbocycles. The lowest BCUT2D eigenvalue weighted by atomic mass is 9.96. The van der Waals surface area contributed by atoms with E-state index in [2.05, 4.69) is 0 Å². The molecule has 1 aliphatic heterocycles. The highest BCUT2D eigenvalue weighted by atomic mass is 16.5. The van der Waals surface area contributed by atoms with Crippen molar-refractivity contribution >= 4 is 11.8 Å². The molecule has 0 unspecified atom stereocenters. The van der Waals surface area contributed by atoms with Crippen LogP contribution in [0.2, 0.25) is 0 Å². The molecule has 2 amide bonds. The number of aryl methyl sites for hydroxylation is 1. The first-order valence-corrected chi connectivity index (χ1v) is 8.37. The van der Waals surface area contributed by atoms with Crippen LogP contribution in [0.4, 0.5) is 0 Å². The van der Waals surface area contributed by atoms with E-state index in [4.69, 9.17) is 10.5 Å². The molecular weight excluding hydrogens is 316 g/mol. The number of amides is 2. The number of nitrogens with zero attached hydrogens (tertiary/aromatic N) is 1. The van der Waals surface area contributed by atoms with Crippen LogP contribution in [0.15, 0.2) is 54.6 Å². The summed E-state index contributed by atoms with van der Waals surface area (Å²) in [6, 6.07) is 16.9. The van der Waals surface area contributed by atoms with Crippen molar-refractivity contribution < 1.29 is 14.3 Å². The first kappa shape index (κ1) is 17.0. The summed E-state index contributed by atoms with van der Waals surface area (Å²) in [5.41, 5.74) is 7.27. The standard InChI is InChI=1S/C20H22N2O3/c1-14-7-9-15(10-8-14)20(24)22-11-16(18(12-22)19(21)23)13-25-17-5-3-2-4-6-17/h2-10,16,18H,11-13H2,1H3,(H2,21,23)/t16-,18+/m0/s1. The largest absolute Gasteiger partial charge is 0.493 e. The molecule has 1 fully saturated rings. The van der Waals surface area contributed by atoms with E-state index in [-0.39, 0.29) is 17.7 Å². The van der Waals surface area contributed by atoms with Crippen LogP contribution in [-0.2, 0) is 4.79 Å². The van der Waals surface area contributed by atoms with Crippen molar-refractivity contribution in [2.45, 2.75) is 6.92 Å². The maximum absolute atomic E-state index is 12.7. The molecule has 130 valence electrons. The Hall–Kier alpha value is -2.82. The van der Waals surface area contributed by atoms with Crippen LogP contribution in [0, 0.1) is 18.8 Å². The fraction of sp³-hybridized carbons (Fsp3) is 0.300. The second-order valence-electron chi connectivity index (χ2n) is 6.47. The molecule has 0 radical (unpaired) electrons. The van der Waals surface area contributed by atoms with Gasteiger partial charge in [-0.25, -0.2) is 0 Å². The van der Waals surface area contributed by atoms with Crippen molar-refractivity contribution in [3.05, 3.63) is 65.7 Å². The smallest absolute Gasteiger partial charge is 0.253 e. The average molecular weight is 338 g/mol. The van der Waals surface area contributed by atoms with E-state index in [0.717, 1.165) is 11.3 Å². The van der Waals surface area contributed by atoms with Crippen molar-refractivity contribution in [1.82, 2.24) is 4.90 Å². The van der Waals surface area contributed by atoms with Gasteiger partial charge in [0.2, 0.25) is 5.91 Å². The predicted molar refractivity (Wildman–Crippen MR) is 95.2 cm³/mol. The zero-order valence-electron chi connectivity index (χ0n) is 14.2. The van der Waals surface area contributed by atoms with Crippen LogP contribution in [0.3, 0.4) is 0 Å². The number of ether oxygens (including phenoxy) is 1. The molecular formula is C20H22N2O3. The van der Waals surface area contributed by atoms with Gasteiger partial charge in [0.1, 0.15) is 5.75 Å². The molecule has 2 N–H and O–H groups in total. The topological polar surface area (TPSA) is 72.6 Å². The number of carbonyl (C=O) groups excluding carboxylic acids is 2. The Labute approximate surface area is 147 Å². The molecule has 0 aliphatic carbocycles. The van der Waals surface area contributed by atoms with Crippen LogP contribution < -0.4 is 10.5 Å². The summed E-state index contributed by atoms with van der Waals surface area (Å²) in [5, 5.41) is 0. The van der Waals surface area contributed by atoms with Crippen molar-refractivity contribution in [2.75, 3.05) is 19.7 Å². The first-order valence-electron chi connectivity index (χ1n) is 8.37. The number of nitrogens with two attached hydrogens (primary N) is 1. The molecule has 5 heteroatoms. The third-order valence-electron chi connectivity index (χ3n) is 4.60. The third kappa shape index (κ3) is 3.99. The molecule has 5 nitrogen and oxygen atoms in total. The maximum Gasteiger partial charge on any atom is 0.253 e. The van der Waals surface area contributed by atoms with E-state index in [9.17, 15) is 9.59 Å². The normalized spacial score (nSPS) is 19.6. The van der Waals surface area contributed by atoms with Gasteiger partial charge in [0, 0.05) is 24.6 Å². The van der Waals surface area contributed by atoms with E-state index >= 15 is 0 Å². The Kier molecular flexibility index (Phi) is 5.03. The fourth-order valence-electron chi connectivity index (χ4n) is 3.13. The summed E-state index contributed by atoms with van der Waals surface area (Å²) in [7, 11) is 0. The molecule has 0 bridgehead atoms. The minimum Gasteiger partial charge on any atom is -0.493 e. The number of hydrogen-bond acceptors (Lipinski definition) is 3. The van der Waals surface area contributed by atoms with E-state index in [1.54, 1.807) is 4.90 Å². The number of benzene rings is 2. The van der Waals surface area contributed by atoms with Crippen molar-refractivity contribution in [3.63, 3.8) is 0 Å². The Morgan fingerprint density at radius 3 is 2.40 bits per heavy atom. The number of hydrogen-bond donors (Lipinski definition) is 1. The quantitative estimate of drug-likeness (QED) is 0.909. The minimum absolute atomic E-state index is 0.0755. The monoisotopic (exact) mass is 338 g/mol. The number of rotatable bonds is 5. The molecule has 1 heterocycles. The summed E-state index contributed by atoms with van der Waals surface area (Å²) in [6.07, 6.45) is 0. The maximum atomic E-state index is 12.7. The highest BCUT2D eigenvalue weighted by Crippen LogP contribution is 2.26. The van der Waals surface area contributed by atoms with Gasteiger partial charge in [-0.2, -0.15) is 0 Å². The zero-order chi connectivity index (χ0) is 17.8. The van der Waals surface area contributed by atoms with Crippen molar-refractivity contribution in [2.24, 2.45) is 17.6 Å². The lowest BCUT2D eigenvalue weighted by molar-refractivity contribution is -0.122. The Morgan fingerprint density at radius 2 is 1.76 bits per heavy atom. The van der Waals surface area contributed by atoms with Gasteiger partial charge in [-0.3, -0.25) is 9.59 Å². The van der Waals surface area contributed by atoms with Crippen molar-refractivity contribution in [1.29, 1.82) is 0 Å². The minimum atomic E-state index is -0.391. The van der Waals surface area contributed by atoms with Crippen LogP contribution in [0.1, 0.15) is 15.9 Å². The number of carbonyl (C=O) groups is 2. The first-order chi connectivity index (χ1) is 12.0. The van der Waals surface area contributed by atoms with Gasteiger partial charge in [0.05, 0.1) is 12.5 Å². The van der Waals surface area contributed by atoms with Gasteiger partial charge in [0.25, 0.3) is 5.91 Å². The lowest BCUT2D eigenvalue weighted by Gasteiger charge is -2.17. The van der Waals surface area contributed by atoms with Crippen LogP contribution >= 0.6 is 0 Å². The van der Waals surface area contributed by atoms with E-state index < -0.39 is 5.92 Å². The van der Waals surface area contributed by atoms with Gasteiger partial charge in [-0.15, -0.1) is 0 Å². The summed E-state index contributed by atoms with van der Waals surface area (Å²) in [4.78, 5) is 26.2. The van der Waals surface area contributed by atoms with Gasteiger partial charge < -0.3 is 15.4 Å². The molecule has 2 atom stereocenters. The summed E-state index contributed by atoms with van der Waals surface area (Å²) < 4.78 is 5.77. The Bertz CT molecular complexity index is 743. The lowest BCUT2D eigenvalue weighted by Crippen LogP contribution is -2.32. The van der Waals surface area contributed by atoms with Gasteiger partial charge in [-0.05, 0) is 31.2 Å². The van der Waals surface area contributed by atoms with E-state index in [0.29, 0.717) is 25.3 Å². The third-order valence-corrected chi connectivity index (χ3v) is 4.60. The highest BCUT2D eigenvalue weighted by molar-refractivity contribution is 5.95. The summed E-state index contributed by atoms with van der Waals surface area (Å²) in [6.45, 7) is 3.14. The van der Waals surface area contributed by atoms with E-state index in [1.807, 2.05) is 61.5 Å². The number of para-hydroxylation sites is 1. The van der Waals surface area contributed by atoms with Gasteiger partial charge >= 0.3 is 0 Å².